The number of hydrogen-bond acceptors (Lipinski definition) is 3. The maximum Gasteiger partial charge on any atom is 0.272 e. The number of sulfonamides is 1. The van der Waals surface area contributed by atoms with Gasteiger partial charge in [0.1, 0.15) is 5.69 Å². The molecule has 1 aromatic carbocycles. The number of carbonyl (C=O) groups is 1. The van der Waals surface area contributed by atoms with Crippen LogP contribution in [0, 0.1) is 6.92 Å². The molecular formula is C15H17N3O3S. The van der Waals surface area contributed by atoms with E-state index >= 15 is 0 Å². The molecule has 2 aromatic rings. The second kappa shape index (κ2) is 5.49. The average Bonchev–Trinajstić information content (AvgIpc) is 3.10. The number of amides is 1. The van der Waals surface area contributed by atoms with E-state index in [0.29, 0.717) is 30.0 Å². The summed E-state index contributed by atoms with van der Waals surface area (Å²) in [5.74, 6) is -0.0880. The highest BCUT2D eigenvalue weighted by molar-refractivity contribution is 7.93. The molecule has 0 unspecified atom stereocenters. The van der Waals surface area contributed by atoms with Crippen LogP contribution in [0.25, 0.3) is 0 Å². The van der Waals surface area contributed by atoms with Crippen molar-refractivity contribution in [2.75, 3.05) is 21.9 Å². The molecule has 0 saturated carbocycles. The lowest BCUT2D eigenvalue weighted by Gasteiger charge is -2.20. The van der Waals surface area contributed by atoms with Crippen molar-refractivity contribution >= 4 is 27.3 Å². The quantitative estimate of drug-likeness (QED) is 0.909. The molecule has 1 aromatic heterocycles. The number of anilines is 2. The standard InChI is InChI=1S/C15H17N3O3S/c1-11-5-6-12(17-15(19)13-4-2-7-16-13)10-14(11)18-8-3-9-22(18,20)21/h2,4-7,10,16H,3,8-9H2,1H3,(H,17,19). The summed E-state index contributed by atoms with van der Waals surface area (Å²) in [6.07, 6.45) is 2.30. The van der Waals surface area contributed by atoms with E-state index < -0.39 is 10.0 Å². The van der Waals surface area contributed by atoms with Crippen LogP contribution in [0.1, 0.15) is 22.5 Å². The van der Waals surface area contributed by atoms with E-state index in [1.807, 2.05) is 13.0 Å². The molecule has 1 fully saturated rings. The van der Waals surface area contributed by atoms with E-state index in [-0.39, 0.29) is 11.7 Å². The summed E-state index contributed by atoms with van der Waals surface area (Å²) < 4.78 is 25.6. The number of hydrogen-bond donors (Lipinski definition) is 2. The van der Waals surface area contributed by atoms with E-state index in [1.165, 1.54) is 4.31 Å². The maximum absolute atomic E-state index is 12.1. The van der Waals surface area contributed by atoms with Gasteiger partial charge in [0.05, 0.1) is 11.4 Å². The summed E-state index contributed by atoms with van der Waals surface area (Å²) in [5, 5.41) is 2.77. The third kappa shape index (κ3) is 2.71. The highest BCUT2D eigenvalue weighted by Gasteiger charge is 2.29. The number of rotatable bonds is 3. The molecule has 0 atom stereocenters. The van der Waals surface area contributed by atoms with Gasteiger partial charge in [-0.25, -0.2) is 8.42 Å². The SMILES string of the molecule is Cc1ccc(NC(=O)c2ccc[nH]2)cc1N1CCCS1(=O)=O. The zero-order chi connectivity index (χ0) is 15.7. The van der Waals surface area contributed by atoms with Gasteiger partial charge in [0.15, 0.2) is 0 Å². The molecular weight excluding hydrogens is 302 g/mol. The van der Waals surface area contributed by atoms with Crippen LogP contribution in [0.5, 0.6) is 0 Å². The van der Waals surface area contributed by atoms with Crippen molar-refractivity contribution in [2.45, 2.75) is 13.3 Å². The Morgan fingerprint density at radius 3 is 2.77 bits per heavy atom. The Labute approximate surface area is 129 Å². The fourth-order valence-electron chi connectivity index (χ4n) is 2.54. The zero-order valence-electron chi connectivity index (χ0n) is 12.2. The van der Waals surface area contributed by atoms with E-state index in [2.05, 4.69) is 10.3 Å². The largest absolute Gasteiger partial charge is 0.357 e. The first-order chi connectivity index (χ1) is 10.5. The Balaban J connectivity index is 1.89. The van der Waals surface area contributed by atoms with Gasteiger partial charge in [0.2, 0.25) is 10.0 Å². The van der Waals surface area contributed by atoms with Crippen molar-refractivity contribution in [1.82, 2.24) is 4.98 Å². The monoisotopic (exact) mass is 319 g/mol. The predicted octanol–water partition coefficient (Wildman–Crippen LogP) is 2.12. The first-order valence-corrected chi connectivity index (χ1v) is 8.64. The van der Waals surface area contributed by atoms with Crippen molar-refractivity contribution < 1.29 is 13.2 Å². The lowest BCUT2D eigenvalue weighted by Crippen LogP contribution is -2.26. The number of nitrogens with one attached hydrogen (secondary N) is 2. The molecule has 1 amide bonds. The van der Waals surface area contributed by atoms with Gasteiger partial charge in [-0.15, -0.1) is 0 Å². The number of carbonyl (C=O) groups excluding carboxylic acids is 1. The molecule has 1 aliphatic heterocycles. The highest BCUT2D eigenvalue weighted by atomic mass is 32.2. The number of benzene rings is 1. The normalized spacial score (nSPS) is 16.7. The molecule has 0 bridgehead atoms. The van der Waals surface area contributed by atoms with Crippen molar-refractivity contribution in [3.05, 3.63) is 47.8 Å². The van der Waals surface area contributed by atoms with Crippen molar-refractivity contribution in [1.29, 1.82) is 0 Å². The van der Waals surface area contributed by atoms with Gasteiger partial charge in [-0.2, -0.15) is 0 Å². The van der Waals surface area contributed by atoms with Crippen LogP contribution in [-0.4, -0.2) is 31.6 Å². The predicted molar refractivity (Wildman–Crippen MR) is 85.7 cm³/mol. The van der Waals surface area contributed by atoms with Gasteiger partial charge in [-0.05, 0) is 43.2 Å². The van der Waals surface area contributed by atoms with Gasteiger partial charge in [0, 0.05) is 18.4 Å². The van der Waals surface area contributed by atoms with Crippen LogP contribution in [0.2, 0.25) is 0 Å². The topological polar surface area (TPSA) is 82.3 Å². The molecule has 6 nitrogen and oxygen atoms in total. The van der Waals surface area contributed by atoms with Gasteiger partial charge < -0.3 is 10.3 Å². The number of aromatic amines is 1. The Hall–Kier alpha value is -2.28. The molecule has 1 aliphatic rings. The summed E-state index contributed by atoms with van der Waals surface area (Å²) in [5.41, 5.74) is 2.52. The number of aromatic nitrogens is 1. The molecule has 2 N–H and O–H groups in total. The minimum absolute atomic E-state index is 0.172. The second-order valence-electron chi connectivity index (χ2n) is 5.28. The maximum atomic E-state index is 12.1. The third-order valence-corrected chi connectivity index (χ3v) is 5.53. The Bertz CT molecular complexity index is 797. The van der Waals surface area contributed by atoms with Crippen molar-refractivity contribution in [2.24, 2.45) is 0 Å². The van der Waals surface area contributed by atoms with E-state index in [0.717, 1.165) is 5.56 Å². The molecule has 116 valence electrons. The minimum Gasteiger partial charge on any atom is -0.357 e. The summed E-state index contributed by atoms with van der Waals surface area (Å²) in [4.78, 5) is 14.9. The second-order valence-corrected chi connectivity index (χ2v) is 7.29. The summed E-state index contributed by atoms with van der Waals surface area (Å²) in [6.45, 7) is 2.34. The van der Waals surface area contributed by atoms with E-state index in [4.69, 9.17) is 0 Å². The van der Waals surface area contributed by atoms with Gasteiger partial charge >= 0.3 is 0 Å². The van der Waals surface area contributed by atoms with Crippen LogP contribution in [0.15, 0.2) is 36.5 Å². The fraction of sp³-hybridized carbons (Fsp3) is 0.267. The zero-order valence-corrected chi connectivity index (χ0v) is 13.0. The number of nitrogens with zero attached hydrogens (tertiary/aromatic N) is 1. The van der Waals surface area contributed by atoms with E-state index in [9.17, 15) is 13.2 Å². The molecule has 3 rings (SSSR count). The smallest absolute Gasteiger partial charge is 0.272 e. The van der Waals surface area contributed by atoms with Crippen LogP contribution in [-0.2, 0) is 10.0 Å². The molecule has 0 aliphatic carbocycles. The highest BCUT2D eigenvalue weighted by Crippen LogP contribution is 2.30. The Kier molecular flexibility index (Phi) is 3.66. The van der Waals surface area contributed by atoms with Crippen LogP contribution < -0.4 is 9.62 Å². The molecule has 0 radical (unpaired) electrons. The lowest BCUT2D eigenvalue weighted by atomic mass is 10.1. The van der Waals surface area contributed by atoms with Crippen molar-refractivity contribution in [3.8, 4) is 0 Å². The number of H-pyrrole nitrogens is 1. The van der Waals surface area contributed by atoms with E-state index in [1.54, 1.807) is 30.5 Å². The van der Waals surface area contributed by atoms with Gasteiger partial charge in [0.25, 0.3) is 5.91 Å². The lowest BCUT2D eigenvalue weighted by molar-refractivity contribution is 0.102. The Morgan fingerprint density at radius 1 is 1.32 bits per heavy atom. The fourth-order valence-corrected chi connectivity index (χ4v) is 4.15. The molecule has 7 heteroatoms. The van der Waals surface area contributed by atoms with Gasteiger partial charge in [-0.3, -0.25) is 9.10 Å². The molecule has 0 spiro atoms. The first kappa shape index (κ1) is 14.6. The van der Waals surface area contributed by atoms with Crippen LogP contribution in [0.3, 0.4) is 0 Å². The van der Waals surface area contributed by atoms with Crippen LogP contribution >= 0.6 is 0 Å². The van der Waals surface area contributed by atoms with Crippen LogP contribution in [0.4, 0.5) is 11.4 Å². The first-order valence-electron chi connectivity index (χ1n) is 7.03. The Morgan fingerprint density at radius 2 is 2.14 bits per heavy atom. The van der Waals surface area contributed by atoms with Gasteiger partial charge in [-0.1, -0.05) is 6.07 Å². The molecule has 1 saturated heterocycles. The van der Waals surface area contributed by atoms with Crippen molar-refractivity contribution in [3.63, 3.8) is 0 Å². The minimum atomic E-state index is -3.24. The summed E-state index contributed by atoms with van der Waals surface area (Å²) in [7, 11) is -3.24. The molecule has 22 heavy (non-hydrogen) atoms. The third-order valence-electron chi connectivity index (χ3n) is 3.68. The summed E-state index contributed by atoms with van der Waals surface area (Å²) in [6, 6.07) is 8.70. The molecule has 2 heterocycles. The average molecular weight is 319 g/mol. The summed E-state index contributed by atoms with van der Waals surface area (Å²) >= 11 is 0. The number of aryl methyl sites for hydroxylation is 1.